The van der Waals surface area contributed by atoms with Crippen LogP contribution in [0.25, 0.3) is 11.0 Å². The Morgan fingerprint density at radius 2 is 1.96 bits per heavy atom. The summed E-state index contributed by atoms with van der Waals surface area (Å²) in [6.07, 6.45) is 1.62. The molecular formula is C21H19NO3S. The van der Waals surface area contributed by atoms with Gasteiger partial charge in [-0.3, -0.25) is 4.79 Å². The highest BCUT2D eigenvalue weighted by atomic mass is 32.1. The van der Waals surface area contributed by atoms with Crippen LogP contribution in [0, 0.1) is 13.8 Å². The monoisotopic (exact) mass is 365 g/mol. The van der Waals surface area contributed by atoms with Crippen LogP contribution < -0.4 is 0 Å². The van der Waals surface area contributed by atoms with Crippen LogP contribution in [0.1, 0.15) is 32.3 Å². The number of furan rings is 2. The quantitative estimate of drug-likeness (QED) is 0.466. The van der Waals surface area contributed by atoms with Gasteiger partial charge in [0.1, 0.15) is 11.3 Å². The molecule has 0 bridgehead atoms. The summed E-state index contributed by atoms with van der Waals surface area (Å²) in [7, 11) is 0. The van der Waals surface area contributed by atoms with E-state index in [9.17, 15) is 4.79 Å². The van der Waals surface area contributed by atoms with Crippen LogP contribution in [0.15, 0.2) is 62.9 Å². The minimum Gasteiger partial charge on any atom is -0.467 e. The Balaban J connectivity index is 1.71. The molecular weight excluding hydrogens is 346 g/mol. The van der Waals surface area contributed by atoms with Gasteiger partial charge in [0.25, 0.3) is 5.91 Å². The maximum absolute atomic E-state index is 13.3. The molecule has 0 aliphatic carbocycles. The molecule has 0 N–H and O–H groups in total. The van der Waals surface area contributed by atoms with E-state index in [1.165, 1.54) is 0 Å². The summed E-state index contributed by atoms with van der Waals surface area (Å²) in [4.78, 5) is 16.2. The van der Waals surface area contributed by atoms with Crippen molar-refractivity contribution in [1.82, 2.24) is 4.90 Å². The van der Waals surface area contributed by atoms with Crippen LogP contribution in [-0.4, -0.2) is 10.8 Å². The summed E-state index contributed by atoms with van der Waals surface area (Å²) < 4.78 is 11.4. The Morgan fingerprint density at radius 3 is 2.65 bits per heavy atom. The molecule has 1 aromatic carbocycles. The molecule has 0 saturated heterocycles. The van der Waals surface area contributed by atoms with Gasteiger partial charge in [-0.1, -0.05) is 24.3 Å². The molecule has 4 nitrogen and oxygen atoms in total. The van der Waals surface area contributed by atoms with Crippen LogP contribution in [0.2, 0.25) is 0 Å². The van der Waals surface area contributed by atoms with E-state index < -0.39 is 0 Å². The van der Waals surface area contributed by atoms with Crippen molar-refractivity contribution in [2.45, 2.75) is 26.9 Å². The number of carbonyl (C=O) groups excluding carboxylic acids is 1. The molecule has 0 fully saturated rings. The first-order chi connectivity index (χ1) is 12.6. The molecule has 0 aliphatic rings. The molecule has 0 atom stereocenters. The zero-order chi connectivity index (χ0) is 18.1. The molecule has 5 heteroatoms. The number of fused-ring (bicyclic) bond motifs is 1. The van der Waals surface area contributed by atoms with E-state index in [1.54, 1.807) is 22.5 Å². The first kappa shape index (κ1) is 16.7. The largest absolute Gasteiger partial charge is 0.467 e. The summed E-state index contributed by atoms with van der Waals surface area (Å²) in [6.45, 7) is 4.85. The Hall–Kier alpha value is -2.79. The lowest BCUT2D eigenvalue weighted by molar-refractivity contribution is 0.0688. The average Bonchev–Trinajstić information content (AvgIpc) is 3.37. The first-order valence-corrected chi connectivity index (χ1v) is 9.34. The van der Waals surface area contributed by atoms with Crippen LogP contribution in [0.5, 0.6) is 0 Å². The molecule has 0 unspecified atom stereocenters. The normalized spacial score (nSPS) is 11.2. The topological polar surface area (TPSA) is 46.6 Å². The predicted octanol–water partition coefficient (Wildman–Crippen LogP) is 5.55. The number of rotatable bonds is 5. The van der Waals surface area contributed by atoms with E-state index >= 15 is 0 Å². The molecule has 4 aromatic rings. The highest BCUT2D eigenvalue weighted by Crippen LogP contribution is 2.29. The third-order valence-corrected chi connectivity index (χ3v) is 5.36. The van der Waals surface area contributed by atoms with Gasteiger partial charge in [0, 0.05) is 15.8 Å². The van der Waals surface area contributed by atoms with Gasteiger partial charge >= 0.3 is 0 Å². The second-order valence-electron chi connectivity index (χ2n) is 6.33. The third-order valence-electron chi connectivity index (χ3n) is 4.50. The van der Waals surface area contributed by atoms with Gasteiger partial charge in [0.15, 0.2) is 5.76 Å². The standard InChI is InChI=1S/C21H19NO3S/c1-14-6-3-9-18-15(2)20(25-19(14)18)21(23)22(12-16-7-4-10-24-16)13-17-8-5-11-26-17/h3-11H,12-13H2,1-2H3. The van der Waals surface area contributed by atoms with Crippen molar-refractivity contribution in [3.63, 3.8) is 0 Å². The Bertz CT molecular complexity index is 993. The predicted molar refractivity (Wildman–Crippen MR) is 102 cm³/mol. The number of benzene rings is 1. The number of carbonyl (C=O) groups is 1. The number of para-hydroxylation sites is 1. The zero-order valence-electron chi connectivity index (χ0n) is 14.7. The fourth-order valence-electron chi connectivity index (χ4n) is 3.11. The van der Waals surface area contributed by atoms with Crippen LogP contribution in [0.4, 0.5) is 0 Å². The number of aryl methyl sites for hydroxylation is 2. The lowest BCUT2D eigenvalue weighted by Crippen LogP contribution is -2.29. The van der Waals surface area contributed by atoms with Gasteiger partial charge in [0.2, 0.25) is 0 Å². The van der Waals surface area contributed by atoms with E-state index in [4.69, 9.17) is 8.83 Å². The Morgan fingerprint density at radius 1 is 1.08 bits per heavy atom. The van der Waals surface area contributed by atoms with Crippen molar-refractivity contribution in [3.05, 3.63) is 81.6 Å². The maximum atomic E-state index is 13.3. The van der Waals surface area contributed by atoms with Gasteiger partial charge in [-0.2, -0.15) is 0 Å². The highest BCUT2D eigenvalue weighted by molar-refractivity contribution is 7.09. The molecule has 0 aliphatic heterocycles. The van der Waals surface area contributed by atoms with Crippen LogP contribution >= 0.6 is 11.3 Å². The third kappa shape index (κ3) is 3.06. The molecule has 0 spiro atoms. The minimum absolute atomic E-state index is 0.122. The Kier molecular flexibility index (Phi) is 4.39. The van der Waals surface area contributed by atoms with Crippen molar-refractivity contribution in [2.75, 3.05) is 0 Å². The smallest absolute Gasteiger partial charge is 0.290 e. The summed E-state index contributed by atoms with van der Waals surface area (Å²) in [5, 5.41) is 3.00. The molecule has 3 heterocycles. The molecule has 4 rings (SSSR count). The van der Waals surface area contributed by atoms with Crippen LogP contribution in [0.3, 0.4) is 0 Å². The summed E-state index contributed by atoms with van der Waals surface area (Å²) in [6, 6.07) is 13.7. The minimum atomic E-state index is -0.122. The van der Waals surface area contributed by atoms with Crippen molar-refractivity contribution >= 4 is 28.2 Å². The van der Waals surface area contributed by atoms with Crippen molar-refractivity contribution in [3.8, 4) is 0 Å². The van der Waals surface area contributed by atoms with Crippen molar-refractivity contribution in [2.24, 2.45) is 0 Å². The molecule has 132 valence electrons. The number of nitrogens with zero attached hydrogens (tertiary/aromatic N) is 1. The molecule has 3 aromatic heterocycles. The van der Waals surface area contributed by atoms with Gasteiger partial charge < -0.3 is 13.7 Å². The average molecular weight is 365 g/mol. The number of hydrogen-bond acceptors (Lipinski definition) is 4. The van der Waals surface area contributed by atoms with Crippen molar-refractivity contribution < 1.29 is 13.6 Å². The fourth-order valence-corrected chi connectivity index (χ4v) is 3.83. The lowest BCUT2D eigenvalue weighted by atomic mass is 10.1. The number of amides is 1. The number of hydrogen-bond donors (Lipinski definition) is 0. The van der Waals surface area contributed by atoms with E-state index in [0.717, 1.165) is 32.7 Å². The maximum Gasteiger partial charge on any atom is 0.290 e. The van der Waals surface area contributed by atoms with Gasteiger partial charge in [-0.15, -0.1) is 11.3 Å². The van der Waals surface area contributed by atoms with E-state index in [0.29, 0.717) is 18.8 Å². The lowest BCUT2D eigenvalue weighted by Gasteiger charge is -2.20. The second-order valence-corrected chi connectivity index (χ2v) is 7.36. The van der Waals surface area contributed by atoms with Gasteiger partial charge in [0.05, 0.1) is 19.4 Å². The summed E-state index contributed by atoms with van der Waals surface area (Å²) in [5.41, 5.74) is 2.69. The number of thiophene rings is 1. The summed E-state index contributed by atoms with van der Waals surface area (Å²) >= 11 is 1.63. The van der Waals surface area contributed by atoms with E-state index in [1.807, 2.05) is 61.7 Å². The highest BCUT2D eigenvalue weighted by Gasteiger charge is 2.25. The van der Waals surface area contributed by atoms with E-state index in [2.05, 4.69) is 0 Å². The molecule has 1 amide bonds. The zero-order valence-corrected chi connectivity index (χ0v) is 15.5. The van der Waals surface area contributed by atoms with Crippen molar-refractivity contribution in [1.29, 1.82) is 0 Å². The van der Waals surface area contributed by atoms with Gasteiger partial charge in [-0.05, 0) is 43.0 Å². The van der Waals surface area contributed by atoms with E-state index in [-0.39, 0.29) is 5.91 Å². The molecule has 26 heavy (non-hydrogen) atoms. The molecule has 0 radical (unpaired) electrons. The first-order valence-electron chi connectivity index (χ1n) is 8.46. The van der Waals surface area contributed by atoms with Crippen LogP contribution in [-0.2, 0) is 13.1 Å². The Labute approximate surface area is 155 Å². The fraction of sp³-hybridized carbons (Fsp3) is 0.190. The van der Waals surface area contributed by atoms with Gasteiger partial charge in [-0.25, -0.2) is 0 Å². The molecule has 0 saturated carbocycles. The SMILES string of the molecule is Cc1c(C(=O)N(Cc2ccco2)Cc2cccs2)oc2c(C)cccc12. The summed E-state index contributed by atoms with van der Waals surface area (Å²) in [5.74, 6) is 1.03. The second kappa shape index (κ2) is 6.84.